The predicted octanol–water partition coefficient (Wildman–Crippen LogP) is 0.253. The lowest BCUT2D eigenvalue weighted by Gasteiger charge is -2.06. The van der Waals surface area contributed by atoms with Crippen LogP contribution in [-0.4, -0.2) is 44.9 Å². The van der Waals surface area contributed by atoms with E-state index in [9.17, 15) is 4.79 Å². The second-order valence-electron chi connectivity index (χ2n) is 4.17. The molecule has 0 N–H and O–H groups in total. The number of rotatable bonds is 2. The summed E-state index contributed by atoms with van der Waals surface area (Å²) in [6, 6.07) is 0. The molecule has 94 valence electrons. The third-order valence-corrected chi connectivity index (χ3v) is 2.29. The van der Waals surface area contributed by atoms with Gasteiger partial charge in [-0.15, -0.1) is 0 Å². The van der Waals surface area contributed by atoms with Gasteiger partial charge in [-0.2, -0.15) is 4.98 Å². The van der Waals surface area contributed by atoms with Gasteiger partial charge in [0, 0.05) is 21.1 Å². The molecule has 0 saturated heterocycles. The lowest BCUT2D eigenvalue weighted by molar-refractivity contribution is 0.641. The molecule has 0 aliphatic heterocycles. The molecular formula is C11H14N6O. The van der Waals surface area contributed by atoms with Crippen molar-refractivity contribution in [2.24, 2.45) is 12.0 Å². The third-order valence-electron chi connectivity index (χ3n) is 2.29. The van der Waals surface area contributed by atoms with Crippen LogP contribution in [0.1, 0.15) is 5.69 Å². The Labute approximate surface area is 104 Å². The van der Waals surface area contributed by atoms with Crippen molar-refractivity contribution in [3.63, 3.8) is 0 Å². The maximum Gasteiger partial charge on any atom is 0.282 e. The smallest absolute Gasteiger partial charge is 0.282 e. The molecule has 2 rings (SSSR count). The number of nitrogens with zero attached hydrogens (tertiary/aromatic N) is 6. The van der Waals surface area contributed by atoms with Crippen LogP contribution < -0.4 is 5.56 Å². The number of aliphatic imine (C=N–C) groups is 1. The molecule has 0 aliphatic rings. The van der Waals surface area contributed by atoms with Gasteiger partial charge in [-0.05, 0) is 6.92 Å². The molecule has 0 radical (unpaired) electrons. The molecule has 2 aromatic rings. The Morgan fingerprint density at radius 3 is 2.78 bits per heavy atom. The van der Waals surface area contributed by atoms with E-state index in [4.69, 9.17) is 0 Å². The summed E-state index contributed by atoms with van der Waals surface area (Å²) in [6.07, 6.45) is 3.16. The Morgan fingerprint density at radius 2 is 2.11 bits per heavy atom. The Kier molecular flexibility index (Phi) is 3.05. The average Bonchev–Trinajstić information content (AvgIpc) is 2.32. The molecule has 18 heavy (non-hydrogen) atoms. The van der Waals surface area contributed by atoms with Gasteiger partial charge in [0.1, 0.15) is 0 Å². The van der Waals surface area contributed by atoms with Crippen molar-refractivity contribution in [1.29, 1.82) is 0 Å². The summed E-state index contributed by atoms with van der Waals surface area (Å²) in [5.74, 6) is 0.305. The Bertz CT molecular complexity index is 673. The predicted molar refractivity (Wildman–Crippen MR) is 69.2 cm³/mol. The molecule has 0 saturated carbocycles. The monoisotopic (exact) mass is 246 g/mol. The van der Waals surface area contributed by atoms with Crippen molar-refractivity contribution in [2.75, 3.05) is 14.1 Å². The van der Waals surface area contributed by atoms with Crippen LogP contribution >= 0.6 is 0 Å². The highest BCUT2D eigenvalue weighted by Crippen LogP contribution is 2.08. The van der Waals surface area contributed by atoms with Crippen LogP contribution in [0.15, 0.2) is 16.0 Å². The van der Waals surface area contributed by atoms with Crippen molar-refractivity contribution in [1.82, 2.24) is 24.4 Å². The van der Waals surface area contributed by atoms with Gasteiger partial charge in [-0.1, -0.05) is 0 Å². The Hall–Kier alpha value is -2.31. The van der Waals surface area contributed by atoms with E-state index in [0.29, 0.717) is 17.3 Å². The molecule has 0 spiro atoms. The Morgan fingerprint density at radius 1 is 1.39 bits per heavy atom. The van der Waals surface area contributed by atoms with Gasteiger partial charge in [0.2, 0.25) is 5.95 Å². The van der Waals surface area contributed by atoms with Gasteiger partial charge >= 0.3 is 0 Å². The molecule has 0 aliphatic carbocycles. The summed E-state index contributed by atoms with van der Waals surface area (Å²) in [5, 5.41) is 0. The lowest BCUT2D eigenvalue weighted by atomic mass is 10.4. The highest BCUT2D eigenvalue weighted by molar-refractivity contribution is 5.70. The lowest BCUT2D eigenvalue weighted by Crippen LogP contribution is -2.20. The van der Waals surface area contributed by atoms with E-state index in [1.165, 1.54) is 4.57 Å². The molecule has 2 heterocycles. The number of hydrogen-bond acceptors (Lipinski definition) is 5. The minimum atomic E-state index is -0.248. The molecule has 0 aromatic carbocycles. The quantitative estimate of drug-likeness (QED) is 0.561. The molecule has 0 amide bonds. The first-order chi connectivity index (χ1) is 8.49. The third kappa shape index (κ3) is 2.20. The topological polar surface area (TPSA) is 76.3 Å². The van der Waals surface area contributed by atoms with Crippen molar-refractivity contribution >= 4 is 23.5 Å². The Balaban J connectivity index is 2.68. The highest BCUT2D eigenvalue weighted by atomic mass is 16.1. The SMILES string of the molecule is Cc1cnc2nc(/N=C/N(C)C)n(C)c(=O)c2n1. The summed E-state index contributed by atoms with van der Waals surface area (Å²) in [6.45, 7) is 1.78. The molecule has 0 bridgehead atoms. The van der Waals surface area contributed by atoms with Gasteiger partial charge in [0.05, 0.1) is 18.2 Å². The van der Waals surface area contributed by atoms with E-state index in [-0.39, 0.29) is 11.1 Å². The van der Waals surface area contributed by atoms with Crippen LogP contribution in [0.5, 0.6) is 0 Å². The van der Waals surface area contributed by atoms with Gasteiger partial charge in [0.15, 0.2) is 11.2 Å². The van der Waals surface area contributed by atoms with E-state index < -0.39 is 0 Å². The second kappa shape index (κ2) is 4.52. The van der Waals surface area contributed by atoms with Crippen molar-refractivity contribution in [2.45, 2.75) is 6.92 Å². The van der Waals surface area contributed by atoms with Gasteiger partial charge in [-0.25, -0.2) is 15.0 Å². The van der Waals surface area contributed by atoms with E-state index in [2.05, 4.69) is 19.9 Å². The molecule has 0 fully saturated rings. The van der Waals surface area contributed by atoms with E-state index in [1.54, 1.807) is 31.4 Å². The maximum atomic E-state index is 12.1. The summed E-state index contributed by atoms with van der Waals surface area (Å²) >= 11 is 0. The minimum Gasteiger partial charge on any atom is -0.369 e. The van der Waals surface area contributed by atoms with Gasteiger partial charge < -0.3 is 4.90 Å². The van der Waals surface area contributed by atoms with E-state index >= 15 is 0 Å². The number of hydrogen-bond donors (Lipinski definition) is 0. The van der Waals surface area contributed by atoms with E-state index in [1.807, 2.05) is 14.1 Å². The van der Waals surface area contributed by atoms with Gasteiger partial charge in [-0.3, -0.25) is 9.36 Å². The van der Waals surface area contributed by atoms with Crippen molar-refractivity contribution in [3.8, 4) is 0 Å². The van der Waals surface area contributed by atoms with Crippen molar-refractivity contribution in [3.05, 3.63) is 22.2 Å². The van der Waals surface area contributed by atoms with Crippen LogP contribution in [0.2, 0.25) is 0 Å². The summed E-state index contributed by atoms with van der Waals surface area (Å²) < 4.78 is 1.36. The van der Waals surface area contributed by atoms with Crippen LogP contribution in [0, 0.1) is 6.92 Å². The molecule has 7 nitrogen and oxygen atoms in total. The van der Waals surface area contributed by atoms with Crippen LogP contribution in [-0.2, 0) is 7.05 Å². The summed E-state index contributed by atoms with van der Waals surface area (Å²) in [7, 11) is 5.29. The van der Waals surface area contributed by atoms with Crippen LogP contribution in [0.4, 0.5) is 5.95 Å². The zero-order chi connectivity index (χ0) is 13.3. The first-order valence-corrected chi connectivity index (χ1v) is 5.40. The second-order valence-corrected chi connectivity index (χ2v) is 4.17. The number of fused-ring (bicyclic) bond motifs is 1. The first-order valence-electron chi connectivity index (χ1n) is 5.40. The molecular weight excluding hydrogens is 232 g/mol. The minimum absolute atomic E-state index is 0.248. The fraction of sp³-hybridized carbons (Fsp3) is 0.364. The zero-order valence-corrected chi connectivity index (χ0v) is 10.7. The van der Waals surface area contributed by atoms with Crippen LogP contribution in [0.25, 0.3) is 11.2 Å². The van der Waals surface area contributed by atoms with Crippen molar-refractivity contribution < 1.29 is 0 Å². The summed E-state index contributed by atoms with van der Waals surface area (Å²) in [4.78, 5) is 30.4. The molecule has 0 atom stereocenters. The zero-order valence-electron chi connectivity index (χ0n) is 10.7. The fourth-order valence-corrected chi connectivity index (χ4v) is 1.40. The van der Waals surface area contributed by atoms with E-state index in [0.717, 1.165) is 0 Å². The highest BCUT2D eigenvalue weighted by Gasteiger charge is 2.09. The molecule has 2 aromatic heterocycles. The maximum absolute atomic E-state index is 12.1. The molecule has 0 unspecified atom stereocenters. The fourth-order valence-electron chi connectivity index (χ4n) is 1.40. The van der Waals surface area contributed by atoms with Gasteiger partial charge in [0.25, 0.3) is 5.56 Å². The first kappa shape index (κ1) is 12.2. The largest absolute Gasteiger partial charge is 0.369 e. The number of aromatic nitrogens is 4. The summed E-state index contributed by atoms with van der Waals surface area (Å²) in [5.41, 5.74) is 1.02. The average molecular weight is 246 g/mol. The normalized spacial score (nSPS) is 11.3. The van der Waals surface area contributed by atoms with Crippen LogP contribution in [0.3, 0.4) is 0 Å². The molecule has 7 heteroatoms. The standard InChI is InChI=1S/C11H14N6O/c1-7-5-12-9-8(14-7)10(18)17(4)11(15-9)13-6-16(2)3/h5-6H,1-4H3/b13-6+. The number of aryl methyl sites for hydroxylation is 1.